The highest BCUT2D eigenvalue weighted by molar-refractivity contribution is 7.92. The van der Waals surface area contributed by atoms with E-state index in [0.717, 1.165) is 10.4 Å². The van der Waals surface area contributed by atoms with Crippen LogP contribution in [0.15, 0.2) is 58.9 Å². The first-order chi connectivity index (χ1) is 11.4. The zero-order chi connectivity index (χ0) is 17.3. The van der Waals surface area contributed by atoms with E-state index in [4.69, 9.17) is 5.73 Å². The van der Waals surface area contributed by atoms with Crippen LogP contribution in [0.1, 0.15) is 10.5 Å². The largest absolute Gasteiger partial charge is 0.364 e. The van der Waals surface area contributed by atoms with Gasteiger partial charge in [0.15, 0.2) is 0 Å². The minimum Gasteiger partial charge on any atom is -0.364 e. The molecule has 2 aromatic heterocycles. The maximum Gasteiger partial charge on any atom is 0.265 e. The van der Waals surface area contributed by atoms with Crippen LogP contribution in [0.2, 0.25) is 0 Å². The molecule has 3 aromatic rings. The van der Waals surface area contributed by atoms with Gasteiger partial charge in [0.2, 0.25) is 0 Å². The second-order valence-corrected chi connectivity index (χ2v) is 7.80. The molecule has 0 spiro atoms. The Morgan fingerprint density at radius 3 is 2.54 bits per heavy atom. The molecule has 0 bridgehead atoms. The van der Waals surface area contributed by atoms with Gasteiger partial charge in [0.1, 0.15) is 10.6 Å². The van der Waals surface area contributed by atoms with Crippen molar-refractivity contribution in [1.82, 2.24) is 4.57 Å². The summed E-state index contributed by atoms with van der Waals surface area (Å²) in [6.07, 6.45) is 1.35. The third kappa shape index (κ3) is 3.19. The van der Waals surface area contributed by atoms with Crippen molar-refractivity contribution in [2.45, 2.75) is 4.90 Å². The van der Waals surface area contributed by atoms with Crippen LogP contribution in [0.4, 0.5) is 5.69 Å². The van der Waals surface area contributed by atoms with Crippen molar-refractivity contribution in [2.75, 3.05) is 4.72 Å². The van der Waals surface area contributed by atoms with Gasteiger partial charge in [0.05, 0.1) is 5.69 Å². The lowest BCUT2D eigenvalue weighted by Crippen LogP contribution is -2.14. The number of thiophene rings is 1. The summed E-state index contributed by atoms with van der Waals surface area (Å²) in [4.78, 5) is 12.2. The number of sulfonamides is 1. The van der Waals surface area contributed by atoms with E-state index in [1.165, 1.54) is 28.2 Å². The Bertz CT molecular complexity index is 989. The fourth-order valence-electron chi connectivity index (χ4n) is 2.28. The number of aryl methyl sites for hydroxylation is 1. The Balaban J connectivity index is 1.87. The number of hydrogen-bond donors (Lipinski definition) is 2. The van der Waals surface area contributed by atoms with E-state index in [2.05, 4.69) is 4.72 Å². The van der Waals surface area contributed by atoms with Crippen LogP contribution in [0.25, 0.3) is 10.4 Å². The van der Waals surface area contributed by atoms with Crippen molar-refractivity contribution in [3.05, 3.63) is 59.7 Å². The van der Waals surface area contributed by atoms with Gasteiger partial charge < -0.3 is 10.3 Å². The summed E-state index contributed by atoms with van der Waals surface area (Å²) in [6, 6.07) is 12.7. The lowest BCUT2D eigenvalue weighted by atomic mass is 10.2. The predicted molar refractivity (Wildman–Crippen MR) is 94.5 cm³/mol. The molecule has 1 aromatic carbocycles. The van der Waals surface area contributed by atoms with E-state index in [9.17, 15) is 13.2 Å². The molecular formula is C16H15N3O3S2. The highest BCUT2D eigenvalue weighted by Gasteiger charge is 2.20. The Morgan fingerprint density at radius 1 is 1.21 bits per heavy atom. The van der Waals surface area contributed by atoms with E-state index in [1.807, 2.05) is 30.3 Å². The van der Waals surface area contributed by atoms with Crippen LogP contribution in [-0.2, 0) is 17.1 Å². The average Bonchev–Trinajstić information content (AvgIpc) is 3.15. The van der Waals surface area contributed by atoms with E-state index >= 15 is 0 Å². The Hall–Kier alpha value is -2.58. The number of benzene rings is 1. The van der Waals surface area contributed by atoms with Gasteiger partial charge in [0, 0.05) is 23.5 Å². The Labute approximate surface area is 143 Å². The van der Waals surface area contributed by atoms with Crippen molar-refractivity contribution in [1.29, 1.82) is 0 Å². The van der Waals surface area contributed by atoms with Crippen LogP contribution in [0.5, 0.6) is 0 Å². The minimum absolute atomic E-state index is 0.00809. The lowest BCUT2D eigenvalue weighted by molar-refractivity contribution is 0.0992. The van der Waals surface area contributed by atoms with Gasteiger partial charge in [-0.3, -0.25) is 9.52 Å². The second kappa shape index (κ2) is 6.14. The number of nitrogens with zero attached hydrogens (tertiary/aromatic N) is 1. The number of amides is 1. The fourth-order valence-corrected chi connectivity index (χ4v) is 4.32. The summed E-state index contributed by atoms with van der Waals surface area (Å²) in [5.41, 5.74) is 6.84. The molecule has 0 unspecified atom stereocenters. The monoisotopic (exact) mass is 361 g/mol. The van der Waals surface area contributed by atoms with E-state index in [-0.39, 0.29) is 10.6 Å². The normalized spacial score (nSPS) is 11.4. The topological polar surface area (TPSA) is 94.2 Å². The molecule has 0 aliphatic heterocycles. The molecule has 24 heavy (non-hydrogen) atoms. The van der Waals surface area contributed by atoms with Gasteiger partial charge in [0.25, 0.3) is 15.9 Å². The van der Waals surface area contributed by atoms with Gasteiger partial charge in [-0.25, -0.2) is 8.42 Å². The average molecular weight is 361 g/mol. The summed E-state index contributed by atoms with van der Waals surface area (Å²) in [6.45, 7) is 0. The van der Waals surface area contributed by atoms with Crippen molar-refractivity contribution in [3.63, 3.8) is 0 Å². The lowest BCUT2D eigenvalue weighted by Gasteiger charge is -2.03. The van der Waals surface area contributed by atoms with Crippen molar-refractivity contribution in [2.24, 2.45) is 12.8 Å². The van der Waals surface area contributed by atoms with Gasteiger partial charge in [-0.15, -0.1) is 11.3 Å². The van der Waals surface area contributed by atoms with Gasteiger partial charge in [-0.2, -0.15) is 0 Å². The highest BCUT2D eigenvalue weighted by atomic mass is 32.2. The second-order valence-electron chi connectivity index (χ2n) is 5.21. The standard InChI is InChI=1S/C16H15N3O3S2/c1-19-9-13(8-14(19)16(17)20)24(21,22)18-12-7-15(23-10-12)11-5-3-2-4-6-11/h2-10,18H,1H3,(H2,17,20). The number of primary amides is 1. The van der Waals surface area contributed by atoms with E-state index in [0.29, 0.717) is 5.69 Å². The smallest absolute Gasteiger partial charge is 0.265 e. The molecule has 3 rings (SSSR count). The van der Waals surface area contributed by atoms with Gasteiger partial charge in [-0.05, 0) is 17.7 Å². The molecule has 0 aliphatic carbocycles. The fraction of sp³-hybridized carbons (Fsp3) is 0.0625. The number of nitrogens with two attached hydrogens (primary N) is 1. The first-order valence-corrected chi connectivity index (χ1v) is 9.36. The molecule has 0 aliphatic rings. The zero-order valence-corrected chi connectivity index (χ0v) is 14.4. The molecule has 8 heteroatoms. The summed E-state index contributed by atoms with van der Waals surface area (Å²) in [7, 11) is -2.22. The molecule has 0 saturated carbocycles. The van der Waals surface area contributed by atoms with Gasteiger partial charge in [-0.1, -0.05) is 30.3 Å². The number of rotatable bonds is 5. The third-order valence-corrected chi connectivity index (χ3v) is 5.78. The highest BCUT2D eigenvalue weighted by Crippen LogP contribution is 2.30. The number of anilines is 1. The van der Waals surface area contributed by atoms with Crippen LogP contribution >= 0.6 is 11.3 Å². The third-order valence-electron chi connectivity index (χ3n) is 3.45. The minimum atomic E-state index is -3.79. The molecule has 6 nitrogen and oxygen atoms in total. The molecule has 0 atom stereocenters. The molecule has 1 amide bonds. The molecule has 124 valence electrons. The summed E-state index contributed by atoms with van der Waals surface area (Å²) >= 11 is 1.45. The maximum absolute atomic E-state index is 12.5. The maximum atomic E-state index is 12.5. The predicted octanol–water partition coefficient (Wildman–Crippen LogP) is 2.65. The molecular weight excluding hydrogens is 346 g/mol. The number of aromatic nitrogens is 1. The quantitative estimate of drug-likeness (QED) is 0.731. The molecule has 0 radical (unpaired) electrons. The molecule has 0 saturated heterocycles. The van der Waals surface area contributed by atoms with E-state index in [1.54, 1.807) is 18.5 Å². The van der Waals surface area contributed by atoms with Crippen LogP contribution < -0.4 is 10.5 Å². The number of nitrogens with one attached hydrogen (secondary N) is 1. The zero-order valence-electron chi connectivity index (χ0n) is 12.8. The first kappa shape index (κ1) is 16.3. The van der Waals surface area contributed by atoms with Crippen molar-refractivity contribution in [3.8, 4) is 10.4 Å². The number of carbonyl (C=O) groups is 1. The molecule has 2 heterocycles. The molecule has 3 N–H and O–H groups in total. The molecule has 0 fully saturated rings. The van der Waals surface area contributed by atoms with Gasteiger partial charge >= 0.3 is 0 Å². The number of carbonyl (C=O) groups excluding carboxylic acids is 1. The van der Waals surface area contributed by atoms with Crippen LogP contribution in [0, 0.1) is 0 Å². The van der Waals surface area contributed by atoms with Crippen molar-refractivity contribution >= 4 is 33.0 Å². The number of hydrogen-bond acceptors (Lipinski definition) is 4. The Kier molecular flexibility index (Phi) is 4.16. The first-order valence-electron chi connectivity index (χ1n) is 7.00. The summed E-state index contributed by atoms with van der Waals surface area (Å²) in [5, 5.41) is 1.73. The van der Waals surface area contributed by atoms with E-state index < -0.39 is 15.9 Å². The Morgan fingerprint density at radius 2 is 1.92 bits per heavy atom. The van der Waals surface area contributed by atoms with Crippen molar-refractivity contribution < 1.29 is 13.2 Å². The summed E-state index contributed by atoms with van der Waals surface area (Å²) < 4.78 is 28.8. The summed E-state index contributed by atoms with van der Waals surface area (Å²) in [5.74, 6) is -0.680. The van der Waals surface area contributed by atoms with Crippen LogP contribution in [0.3, 0.4) is 0 Å². The van der Waals surface area contributed by atoms with Crippen LogP contribution in [-0.4, -0.2) is 18.9 Å². The SMILES string of the molecule is Cn1cc(S(=O)(=O)Nc2csc(-c3ccccc3)c2)cc1C(N)=O.